The van der Waals surface area contributed by atoms with Gasteiger partial charge in [-0.1, -0.05) is 28.9 Å². The van der Waals surface area contributed by atoms with E-state index in [9.17, 15) is 14.7 Å². The average molecular weight is 488 g/mol. The highest BCUT2D eigenvalue weighted by molar-refractivity contribution is 9.10. The van der Waals surface area contributed by atoms with Gasteiger partial charge in [-0.15, -0.1) is 0 Å². The van der Waals surface area contributed by atoms with Crippen molar-refractivity contribution < 1.29 is 14.7 Å². The molecule has 1 N–H and O–H groups in total. The Morgan fingerprint density at radius 2 is 1.90 bits per heavy atom. The van der Waals surface area contributed by atoms with Crippen molar-refractivity contribution in [1.82, 2.24) is 4.90 Å². The molecule has 2 amide bonds. The van der Waals surface area contributed by atoms with E-state index in [1.807, 2.05) is 24.3 Å². The molecule has 7 atom stereocenters. The summed E-state index contributed by atoms with van der Waals surface area (Å²) >= 11 is 3.47. The summed E-state index contributed by atoms with van der Waals surface area (Å²) in [5.74, 6) is 2.06. The molecule has 3 saturated carbocycles. The van der Waals surface area contributed by atoms with Crippen molar-refractivity contribution in [3.8, 4) is 0 Å². The van der Waals surface area contributed by atoms with Crippen LogP contribution in [0.25, 0.3) is 0 Å². The van der Waals surface area contributed by atoms with Gasteiger partial charge in [0.1, 0.15) is 0 Å². The Hall–Kier alpha value is -1.20. The lowest BCUT2D eigenvalue weighted by atomic mass is 9.45. The van der Waals surface area contributed by atoms with Crippen LogP contribution in [0.4, 0.5) is 0 Å². The molecule has 5 rings (SSSR count). The van der Waals surface area contributed by atoms with E-state index >= 15 is 0 Å². The first kappa shape index (κ1) is 21.6. The third kappa shape index (κ3) is 3.33. The lowest BCUT2D eigenvalue weighted by molar-refractivity contribution is -0.162. The zero-order valence-electron chi connectivity index (χ0n) is 18.6. The van der Waals surface area contributed by atoms with Crippen LogP contribution in [0.2, 0.25) is 0 Å². The van der Waals surface area contributed by atoms with Gasteiger partial charge in [0.25, 0.3) is 5.91 Å². The van der Waals surface area contributed by atoms with Gasteiger partial charge in [-0.3, -0.25) is 14.5 Å². The van der Waals surface area contributed by atoms with Crippen LogP contribution in [0.15, 0.2) is 28.7 Å². The Morgan fingerprint density at radius 3 is 2.68 bits per heavy atom. The Kier molecular flexibility index (Phi) is 5.37. The second-order valence-corrected chi connectivity index (χ2v) is 12.0. The van der Waals surface area contributed by atoms with Gasteiger partial charge >= 0.3 is 0 Å². The SMILES string of the molecule is C[C@]12CC[C@H](O)CC1CC[C@@H]1[C@@H]2CC[C@@]2(C)[C@H]1CCC(=O)N2C(=O)c1cccc(Br)c1. The molecule has 4 nitrogen and oxygen atoms in total. The minimum Gasteiger partial charge on any atom is -0.393 e. The molecule has 1 aliphatic heterocycles. The maximum Gasteiger partial charge on any atom is 0.261 e. The molecule has 0 radical (unpaired) electrons. The molecule has 1 heterocycles. The van der Waals surface area contributed by atoms with Crippen molar-refractivity contribution in [2.24, 2.45) is 29.1 Å². The molecule has 4 fully saturated rings. The molecule has 1 aromatic rings. The van der Waals surface area contributed by atoms with Crippen LogP contribution < -0.4 is 0 Å². The zero-order valence-corrected chi connectivity index (χ0v) is 20.2. The maximum atomic E-state index is 13.6. The number of amides is 2. The van der Waals surface area contributed by atoms with E-state index in [0.717, 1.165) is 43.0 Å². The van der Waals surface area contributed by atoms with Crippen molar-refractivity contribution in [1.29, 1.82) is 0 Å². The zero-order chi connectivity index (χ0) is 22.0. The molecule has 31 heavy (non-hydrogen) atoms. The number of halogens is 1. The van der Waals surface area contributed by atoms with Gasteiger partial charge < -0.3 is 5.11 Å². The number of aliphatic hydroxyl groups is 1. The minimum absolute atomic E-state index is 0.0112. The van der Waals surface area contributed by atoms with Gasteiger partial charge in [0.05, 0.1) is 11.6 Å². The van der Waals surface area contributed by atoms with Crippen LogP contribution in [0.1, 0.15) is 82.0 Å². The first-order chi connectivity index (χ1) is 14.7. The molecule has 1 aromatic carbocycles. The number of aliphatic hydroxyl groups excluding tert-OH is 1. The summed E-state index contributed by atoms with van der Waals surface area (Å²) in [7, 11) is 0. The lowest BCUT2D eigenvalue weighted by Crippen LogP contribution is -2.66. The summed E-state index contributed by atoms with van der Waals surface area (Å²) in [5, 5.41) is 10.3. The van der Waals surface area contributed by atoms with E-state index < -0.39 is 5.54 Å². The van der Waals surface area contributed by atoms with Crippen molar-refractivity contribution in [3.63, 3.8) is 0 Å². The second kappa shape index (κ2) is 7.69. The van der Waals surface area contributed by atoms with Crippen LogP contribution >= 0.6 is 15.9 Å². The number of hydrogen-bond acceptors (Lipinski definition) is 3. The summed E-state index contributed by atoms with van der Waals surface area (Å²) < 4.78 is 0.860. The second-order valence-electron chi connectivity index (χ2n) is 11.1. The van der Waals surface area contributed by atoms with Gasteiger partial charge in [-0.25, -0.2) is 0 Å². The van der Waals surface area contributed by atoms with E-state index in [4.69, 9.17) is 0 Å². The predicted octanol–water partition coefficient (Wildman–Crippen LogP) is 5.57. The number of fused-ring (bicyclic) bond motifs is 5. The number of carbonyl (C=O) groups is 2. The first-order valence-corrected chi connectivity index (χ1v) is 12.8. The molecule has 1 saturated heterocycles. The summed E-state index contributed by atoms with van der Waals surface area (Å²) in [4.78, 5) is 28.3. The standard InChI is InChI=1S/C26H34BrNO3/c1-25-12-10-19(29)15-17(25)6-7-20-21(25)11-13-26(2)22(20)8-9-23(30)28(26)24(31)16-4-3-5-18(27)14-16/h3-5,14,17,19-22,29H,6-13,15H2,1-2H3/t17?,19-,20+,21-,22-,25-,26-/m0/s1. The molecule has 4 aliphatic rings. The fourth-order valence-electron chi connectivity index (χ4n) is 8.11. The smallest absolute Gasteiger partial charge is 0.261 e. The highest BCUT2D eigenvalue weighted by Crippen LogP contribution is 2.63. The van der Waals surface area contributed by atoms with Gasteiger partial charge in [0, 0.05) is 16.5 Å². The lowest BCUT2D eigenvalue weighted by Gasteiger charge is -2.63. The molecule has 0 spiro atoms. The summed E-state index contributed by atoms with van der Waals surface area (Å²) in [5.41, 5.74) is 0.487. The number of carbonyl (C=O) groups excluding carboxylic acids is 2. The number of nitrogens with zero attached hydrogens (tertiary/aromatic N) is 1. The topological polar surface area (TPSA) is 57.6 Å². The molecule has 3 aliphatic carbocycles. The highest BCUT2D eigenvalue weighted by atomic mass is 79.9. The molecule has 1 unspecified atom stereocenters. The van der Waals surface area contributed by atoms with Crippen molar-refractivity contribution in [2.45, 2.75) is 83.3 Å². The first-order valence-electron chi connectivity index (χ1n) is 12.0. The minimum atomic E-state index is -0.396. The fraction of sp³-hybridized carbons (Fsp3) is 0.692. The van der Waals surface area contributed by atoms with Crippen molar-refractivity contribution in [2.75, 3.05) is 0 Å². The van der Waals surface area contributed by atoms with Crippen molar-refractivity contribution in [3.05, 3.63) is 34.3 Å². The number of hydrogen-bond donors (Lipinski definition) is 1. The Balaban J connectivity index is 1.46. The van der Waals surface area contributed by atoms with E-state index in [1.165, 1.54) is 12.8 Å². The van der Waals surface area contributed by atoms with Crippen LogP contribution in [0, 0.1) is 29.1 Å². The molecule has 0 aromatic heterocycles. The van der Waals surface area contributed by atoms with Crippen molar-refractivity contribution >= 4 is 27.7 Å². The fourth-order valence-corrected chi connectivity index (χ4v) is 8.51. The van der Waals surface area contributed by atoms with Gasteiger partial charge in [0.15, 0.2) is 0 Å². The Morgan fingerprint density at radius 1 is 1.10 bits per heavy atom. The normalized spacial score (nSPS) is 42.4. The van der Waals surface area contributed by atoms with Gasteiger partial charge in [-0.05, 0) is 106 Å². The van der Waals surface area contributed by atoms with Crippen LogP contribution in [-0.4, -0.2) is 33.5 Å². The third-order valence-electron chi connectivity index (χ3n) is 9.70. The summed E-state index contributed by atoms with van der Waals surface area (Å²) in [6.07, 6.45) is 8.56. The maximum absolute atomic E-state index is 13.6. The summed E-state index contributed by atoms with van der Waals surface area (Å²) in [6.45, 7) is 4.65. The molecular weight excluding hydrogens is 454 g/mol. The monoisotopic (exact) mass is 487 g/mol. The summed E-state index contributed by atoms with van der Waals surface area (Å²) in [6, 6.07) is 7.42. The number of benzene rings is 1. The number of likely N-dealkylation sites (tertiary alicyclic amines) is 1. The molecule has 0 bridgehead atoms. The number of imide groups is 1. The number of rotatable bonds is 1. The average Bonchev–Trinajstić information content (AvgIpc) is 2.73. The largest absolute Gasteiger partial charge is 0.393 e. The molecule has 5 heteroatoms. The quantitative estimate of drug-likeness (QED) is 0.526. The Labute approximate surface area is 193 Å². The predicted molar refractivity (Wildman–Crippen MR) is 123 cm³/mol. The van der Waals surface area contributed by atoms with Gasteiger partial charge in [0.2, 0.25) is 5.91 Å². The Bertz CT molecular complexity index is 902. The van der Waals surface area contributed by atoms with Crippen LogP contribution in [0.3, 0.4) is 0 Å². The molecule has 168 valence electrons. The van der Waals surface area contributed by atoms with E-state index in [1.54, 1.807) is 4.90 Å². The van der Waals surface area contributed by atoms with Crippen LogP contribution in [0.5, 0.6) is 0 Å². The van der Waals surface area contributed by atoms with Crippen LogP contribution in [-0.2, 0) is 4.79 Å². The highest BCUT2D eigenvalue weighted by Gasteiger charge is 2.60. The third-order valence-corrected chi connectivity index (χ3v) is 10.2. The number of piperidine rings is 1. The van der Waals surface area contributed by atoms with E-state index in [2.05, 4.69) is 29.8 Å². The molecular formula is C26H34BrNO3. The van der Waals surface area contributed by atoms with Gasteiger partial charge in [-0.2, -0.15) is 0 Å². The van der Waals surface area contributed by atoms with E-state index in [0.29, 0.717) is 41.1 Å². The van der Waals surface area contributed by atoms with E-state index in [-0.39, 0.29) is 17.9 Å².